The van der Waals surface area contributed by atoms with Gasteiger partial charge in [0.15, 0.2) is 5.82 Å². The number of aromatic nitrogens is 4. The summed E-state index contributed by atoms with van der Waals surface area (Å²) in [5, 5.41) is 18.9. The summed E-state index contributed by atoms with van der Waals surface area (Å²) in [5.41, 5.74) is 2.31. The summed E-state index contributed by atoms with van der Waals surface area (Å²) in [6.07, 6.45) is 0.0928. The zero-order valence-corrected chi connectivity index (χ0v) is 14.0. The molecule has 3 rings (SSSR count). The molecule has 25 heavy (non-hydrogen) atoms. The number of hydrogen-bond acceptors (Lipinski definition) is 6. The Morgan fingerprint density at radius 3 is 2.88 bits per heavy atom. The lowest BCUT2D eigenvalue weighted by Crippen LogP contribution is -2.56. The Labute approximate surface area is 145 Å². The van der Waals surface area contributed by atoms with Gasteiger partial charge in [-0.3, -0.25) is 14.5 Å². The molecule has 3 N–H and O–H groups in total. The van der Waals surface area contributed by atoms with Crippen molar-refractivity contribution in [1.82, 2.24) is 36.2 Å². The van der Waals surface area contributed by atoms with E-state index in [9.17, 15) is 9.59 Å². The highest BCUT2D eigenvalue weighted by atomic mass is 16.2. The molecule has 1 fully saturated rings. The number of hydrogen-bond donors (Lipinski definition) is 3. The van der Waals surface area contributed by atoms with Crippen LogP contribution < -0.4 is 10.6 Å². The molecule has 1 aliphatic heterocycles. The Bertz CT molecular complexity index is 715. The number of nitrogens with one attached hydrogen (secondary N) is 3. The normalized spacial score (nSPS) is 18.0. The monoisotopic (exact) mass is 343 g/mol. The van der Waals surface area contributed by atoms with Crippen molar-refractivity contribution in [2.45, 2.75) is 32.5 Å². The van der Waals surface area contributed by atoms with E-state index in [-0.39, 0.29) is 24.8 Å². The van der Waals surface area contributed by atoms with Gasteiger partial charge < -0.3 is 10.6 Å². The van der Waals surface area contributed by atoms with Crippen LogP contribution in [0.3, 0.4) is 0 Å². The summed E-state index contributed by atoms with van der Waals surface area (Å²) < 4.78 is 0. The fourth-order valence-corrected chi connectivity index (χ4v) is 2.78. The van der Waals surface area contributed by atoms with Crippen molar-refractivity contribution in [2.24, 2.45) is 0 Å². The molecule has 0 bridgehead atoms. The van der Waals surface area contributed by atoms with E-state index in [1.165, 1.54) is 5.56 Å². The van der Waals surface area contributed by atoms with Crippen LogP contribution in [0.2, 0.25) is 0 Å². The molecule has 0 aliphatic carbocycles. The smallest absolute Gasteiger partial charge is 0.237 e. The van der Waals surface area contributed by atoms with E-state index in [4.69, 9.17) is 0 Å². The average molecular weight is 343 g/mol. The highest BCUT2D eigenvalue weighted by Crippen LogP contribution is 2.14. The number of carbonyl (C=O) groups excluding carboxylic acids is 2. The molecule has 0 saturated carbocycles. The van der Waals surface area contributed by atoms with Gasteiger partial charge in [0.1, 0.15) is 0 Å². The number of aromatic amines is 1. The van der Waals surface area contributed by atoms with Crippen molar-refractivity contribution in [3.8, 4) is 0 Å². The van der Waals surface area contributed by atoms with Gasteiger partial charge in [0.2, 0.25) is 11.8 Å². The third-order valence-electron chi connectivity index (χ3n) is 4.16. The topological polar surface area (TPSA) is 116 Å². The second-order valence-electron chi connectivity index (χ2n) is 6.07. The summed E-state index contributed by atoms with van der Waals surface area (Å²) in [6.45, 7) is 4.15. The summed E-state index contributed by atoms with van der Waals surface area (Å²) in [6, 6.07) is 7.71. The van der Waals surface area contributed by atoms with Gasteiger partial charge in [-0.15, -0.1) is 10.2 Å². The molecule has 1 unspecified atom stereocenters. The van der Waals surface area contributed by atoms with Crippen LogP contribution in [0.5, 0.6) is 0 Å². The SMILES string of the molecule is Cc1ccc(CN2CCNC(=O)C2CC(=O)NCc2nn[nH]n2)cc1. The van der Waals surface area contributed by atoms with Crippen LogP contribution in [0.4, 0.5) is 0 Å². The predicted octanol–water partition coefficient (Wildman–Crippen LogP) is -0.485. The van der Waals surface area contributed by atoms with Crippen molar-refractivity contribution >= 4 is 11.8 Å². The lowest BCUT2D eigenvalue weighted by Gasteiger charge is -2.34. The van der Waals surface area contributed by atoms with Gasteiger partial charge in [0, 0.05) is 19.6 Å². The average Bonchev–Trinajstić information content (AvgIpc) is 3.12. The van der Waals surface area contributed by atoms with E-state index < -0.39 is 6.04 Å². The number of tetrazole rings is 1. The van der Waals surface area contributed by atoms with Crippen molar-refractivity contribution < 1.29 is 9.59 Å². The fraction of sp³-hybridized carbons (Fsp3) is 0.438. The lowest BCUT2D eigenvalue weighted by atomic mass is 10.1. The number of carbonyl (C=O) groups is 2. The molecule has 1 aliphatic rings. The third-order valence-corrected chi connectivity index (χ3v) is 4.16. The Morgan fingerprint density at radius 2 is 2.16 bits per heavy atom. The standard InChI is InChI=1S/C16H21N7O2/c1-11-2-4-12(5-3-11)10-23-7-6-17-16(25)13(23)8-15(24)18-9-14-19-21-22-20-14/h2-5,13H,6-10H2,1H3,(H,17,25)(H,18,24)(H,19,20,21,22). The van der Waals surface area contributed by atoms with Crippen molar-refractivity contribution in [3.63, 3.8) is 0 Å². The first-order valence-electron chi connectivity index (χ1n) is 8.18. The molecule has 9 heteroatoms. The van der Waals surface area contributed by atoms with E-state index >= 15 is 0 Å². The number of aryl methyl sites for hydroxylation is 1. The van der Waals surface area contributed by atoms with Crippen molar-refractivity contribution in [2.75, 3.05) is 13.1 Å². The molecule has 1 aromatic carbocycles. The Hall–Kier alpha value is -2.81. The number of nitrogens with zero attached hydrogens (tertiary/aromatic N) is 4. The van der Waals surface area contributed by atoms with Crippen LogP contribution in [0.25, 0.3) is 0 Å². The number of piperazine rings is 1. The Kier molecular flexibility index (Phi) is 5.34. The number of amides is 2. The molecular weight excluding hydrogens is 322 g/mol. The summed E-state index contributed by atoms with van der Waals surface area (Å²) >= 11 is 0. The largest absolute Gasteiger partial charge is 0.353 e. The van der Waals surface area contributed by atoms with Crippen LogP contribution in [0, 0.1) is 6.92 Å². The highest BCUT2D eigenvalue weighted by Gasteiger charge is 2.31. The van der Waals surface area contributed by atoms with E-state index in [0.29, 0.717) is 25.5 Å². The number of H-pyrrole nitrogens is 1. The van der Waals surface area contributed by atoms with Gasteiger partial charge in [0.25, 0.3) is 0 Å². The van der Waals surface area contributed by atoms with Crippen molar-refractivity contribution in [3.05, 3.63) is 41.2 Å². The molecular formula is C16H21N7O2. The third kappa shape index (κ3) is 4.60. The van der Waals surface area contributed by atoms with Gasteiger partial charge >= 0.3 is 0 Å². The van der Waals surface area contributed by atoms with E-state index in [1.807, 2.05) is 24.0 Å². The first-order valence-corrected chi connectivity index (χ1v) is 8.18. The molecule has 1 aromatic heterocycles. The molecule has 9 nitrogen and oxygen atoms in total. The zero-order chi connectivity index (χ0) is 17.6. The maximum atomic E-state index is 12.2. The van der Waals surface area contributed by atoms with Crippen LogP contribution in [-0.4, -0.2) is 56.5 Å². The Morgan fingerprint density at radius 1 is 1.36 bits per heavy atom. The molecule has 1 atom stereocenters. The number of benzene rings is 1. The molecule has 2 heterocycles. The van der Waals surface area contributed by atoms with Crippen LogP contribution in [0.1, 0.15) is 23.4 Å². The lowest BCUT2D eigenvalue weighted by molar-refractivity contribution is -0.134. The van der Waals surface area contributed by atoms with E-state index in [1.54, 1.807) is 0 Å². The van der Waals surface area contributed by atoms with Crippen molar-refractivity contribution in [1.29, 1.82) is 0 Å². The second-order valence-corrected chi connectivity index (χ2v) is 6.07. The minimum absolute atomic E-state index is 0.0928. The zero-order valence-electron chi connectivity index (χ0n) is 14.0. The van der Waals surface area contributed by atoms with Gasteiger partial charge in [-0.05, 0) is 12.5 Å². The van der Waals surface area contributed by atoms with Gasteiger partial charge in [-0.1, -0.05) is 35.0 Å². The quantitative estimate of drug-likeness (QED) is 0.652. The first-order chi connectivity index (χ1) is 12.1. The van der Waals surface area contributed by atoms with Crippen LogP contribution >= 0.6 is 0 Å². The summed E-state index contributed by atoms with van der Waals surface area (Å²) in [7, 11) is 0. The summed E-state index contributed by atoms with van der Waals surface area (Å²) in [4.78, 5) is 26.5. The molecule has 132 valence electrons. The molecule has 2 aromatic rings. The molecule has 1 saturated heterocycles. The predicted molar refractivity (Wildman–Crippen MR) is 89.0 cm³/mol. The second kappa shape index (κ2) is 7.84. The molecule has 0 radical (unpaired) electrons. The fourth-order valence-electron chi connectivity index (χ4n) is 2.78. The van der Waals surface area contributed by atoms with Gasteiger partial charge in [-0.25, -0.2) is 0 Å². The number of rotatable bonds is 6. The van der Waals surface area contributed by atoms with Crippen LogP contribution in [-0.2, 0) is 22.7 Å². The first kappa shape index (κ1) is 17.0. The maximum Gasteiger partial charge on any atom is 0.237 e. The highest BCUT2D eigenvalue weighted by molar-refractivity contribution is 5.88. The van der Waals surface area contributed by atoms with Gasteiger partial charge in [0.05, 0.1) is 19.0 Å². The molecule has 2 amide bonds. The minimum atomic E-state index is -0.486. The van der Waals surface area contributed by atoms with Crippen LogP contribution in [0.15, 0.2) is 24.3 Å². The van der Waals surface area contributed by atoms with E-state index in [0.717, 1.165) is 5.56 Å². The maximum absolute atomic E-state index is 12.2. The minimum Gasteiger partial charge on any atom is -0.353 e. The summed E-state index contributed by atoms with van der Waals surface area (Å²) in [5.74, 6) is 0.0618. The van der Waals surface area contributed by atoms with Gasteiger partial charge in [-0.2, -0.15) is 5.21 Å². The van der Waals surface area contributed by atoms with E-state index in [2.05, 4.69) is 43.4 Å². The molecule has 0 spiro atoms. The Balaban J connectivity index is 1.60.